The molecule has 20 heavy (non-hydrogen) atoms. The summed E-state index contributed by atoms with van der Waals surface area (Å²) in [6.07, 6.45) is 0. The molecule has 0 aliphatic carbocycles. The zero-order valence-electron chi connectivity index (χ0n) is 12.7. The first-order chi connectivity index (χ1) is 9.56. The van der Waals surface area contributed by atoms with Crippen molar-refractivity contribution in [1.82, 2.24) is 9.88 Å². The molecule has 1 aromatic heterocycles. The molecular formula is C16H23N3S. The molecular weight excluding hydrogens is 266 g/mol. The molecule has 0 amide bonds. The number of anilines is 1. The van der Waals surface area contributed by atoms with E-state index in [0.717, 1.165) is 24.5 Å². The van der Waals surface area contributed by atoms with E-state index in [9.17, 15) is 0 Å². The van der Waals surface area contributed by atoms with Crippen molar-refractivity contribution in [2.24, 2.45) is 11.8 Å². The number of hydrogen-bond acceptors (Lipinski definition) is 4. The summed E-state index contributed by atoms with van der Waals surface area (Å²) in [4.78, 5) is 9.65. The predicted molar refractivity (Wildman–Crippen MR) is 87.6 cm³/mol. The molecule has 1 fully saturated rings. The number of aromatic nitrogens is 1. The first-order valence-electron chi connectivity index (χ1n) is 7.33. The smallest absolute Gasteiger partial charge is 0.186 e. The molecule has 1 aliphatic rings. The molecule has 4 heteroatoms. The van der Waals surface area contributed by atoms with Gasteiger partial charge in [0.05, 0.1) is 10.2 Å². The molecule has 1 aliphatic heterocycles. The number of benzene rings is 1. The van der Waals surface area contributed by atoms with E-state index < -0.39 is 0 Å². The largest absolute Gasteiger partial charge is 0.346 e. The van der Waals surface area contributed by atoms with Gasteiger partial charge in [-0.15, -0.1) is 0 Å². The minimum absolute atomic E-state index is 0.627. The maximum absolute atomic E-state index is 4.81. The van der Waals surface area contributed by atoms with Gasteiger partial charge < -0.3 is 9.80 Å². The van der Waals surface area contributed by atoms with E-state index in [2.05, 4.69) is 62.0 Å². The summed E-state index contributed by atoms with van der Waals surface area (Å²) in [6.45, 7) is 6.89. The zero-order valence-corrected chi connectivity index (χ0v) is 13.5. The summed E-state index contributed by atoms with van der Waals surface area (Å²) in [5, 5.41) is 1.18. The Morgan fingerprint density at radius 1 is 1.25 bits per heavy atom. The highest BCUT2D eigenvalue weighted by molar-refractivity contribution is 7.22. The normalized spacial score (nSPS) is 23.4. The summed E-state index contributed by atoms with van der Waals surface area (Å²) in [6, 6.07) is 9.05. The molecule has 0 unspecified atom stereocenters. The number of fused-ring (bicyclic) bond motifs is 1. The molecule has 0 saturated carbocycles. The van der Waals surface area contributed by atoms with Gasteiger partial charge in [0.25, 0.3) is 0 Å². The van der Waals surface area contributed by atoms with Crippen LogP contribution in [0.1, 0.15) is 13.8 Å². The van der Waals surface area contributed by atoms with Crippen molar-refractivity contribution in [3.8, 4) is 0 Å². The first kappa shape index (κ1) is 13.8. The van der Waals surface area contributed by atoms with Crippen molar-refractivity contribution in [2.45, 2.75) is 19.9 Å². The van der Waals surface area contributed by atoms with Crippen LogP contribution in [-0.4, -0.2) is 43.1 Å². The van der Waals surface area contributed by atoms with Crippen LogP contribution in [0.25, 0.3) is 10.2 Å². The zero-order chi connectivity index (χ0) is 14.3. The maximum atomic E-state index is 4.81. The minimum Gasteiger partial charge on any atom is -0.346 e. The Labute approximate surface area is 125 Å². The van der Waals surface area contributed by atoms with Gasteiger partial charge in [-0.1, -0.05) is 37.3 Å². The van der Waals surface area contributed by atoms with Crippen LogP contribution in [0.4, 0.5) is 5.13 Å². The van der Waals surface area contributed by atoms with Crippen molar-refractivity contribution < 1.29 is 0 Å². The SMILES string of the molecule is CC(C)[C@@H]1CN(c2nc3ccccc3s2)C[C@H]1N(C)C. The Morgan fingerprint density at radius 2 is 2.00 bits per heavy atom. The fraction of sp³-hybridized carbons (Fsp3) is 0.562. The summed E-state index contributed by atoms with van der Waals surface area (Å²) in [7, 11) is 4.39. The molecule has 2 aromatic rings. The summed E-state index contributed by atoms with van der Waals surface area (Å²) < 4.78 is 1.29. The van der Waals surface area contributed by atoms with Gasteiger partial charge in [0.15, 0.2) is 5.13 Å². The molecule has 2 atom stereocenters. The molecule has 108 valence electrons. The van der Waals surface area contributed by atoms with Crippen LogP contribution in [0, 0.1) is 11.8 Å². The fourth-order valence-electron chi connectivity index (χ4n) is 3.16. The third-order valence-corrected chi connectivity index (χ3v) is 5.50. The highest BCUT2D eigenvalue weighted by Crippen LogP contribution is 2.35. The lowest BCUT2D eigenvalue weighted by Crippen LogP contribution is -2.37. The fourth-order valence-corrected chi connectivity index (χ4v) is 4.15. The van der Waals surface area contributed by atoms with E-state index in [4.69, 9.17) is 4.98 Å². The van der Waals surface area contributed by atoms with E-state index in [0.29, 0.717) is 12.0 Å². The topological polar surface area (TPSA) is 19.4 Å². The quantitative estimate of drug-likeness (QED) is 0.864. The van der Waals surface area contributed by atoms with Gasteiger partial charge in [0.2, 0.25) is 0 Å². The number of hydrogen-bond donors (Lipinski definition) is 0. The Kier molecular flexibility index (Phi) is 3.69. The van der Waals surface area contributed by atoms with Crippen molar-refractivity contribution in [1.29, 1.82) is 0 Å². The lowest BCUT2D eigenvalue weighted by Gasteiger charge is -2.27. The lowest BCUT2D eigenvalue weighted by atomic mass is 9.91. The van der Waals surface area contributed by atoms with Crippen molar-refractivity contribution >= 4 is 26.7 Å². The summed E-state index contributed by atoms with van der Waals surface area (Å²) in [5.74, 6) is 1.43. The Bertz CT molecular complexity index is 541. The Balaban J connectivity index is 1.87. The average molecular weight is 289 g/mol. The third kappa shape index (κ3) is 2.42. The minimum atomic E-state index is 0.627. The second kappa shape index (κ2) is 5.34. The summed E-state index contributed by atoms with van der Waals surface area (Å²) in [5.41, 5.74) is 1.13. The predicted octanol–water partition coefficient (Wildman–Crippen LogP) is 3.32. The maximum Gasteiger partial charge on any atom is 0.186 e. The van der Waals surface area contributed by atoms with Crippen LogP contribution < -0.4 is 4.90 Å². The molecule has 0 spiro atoms. The van der Waals surface area contributed by atoms with E-state index in [1.54, 1.807) is 0 Å². The average Bonchev–Trinajstić information content (AvgIpc) is 3.02. The Morgan fingerprint density at radius 3 is 2.60 bits per heavy atom. The standard InChI is InChI=1S/C16H23N3S/c1-11(2)12-9-19(10-14(12)18(3)4)16-17-13-7-5-6-8-15(13)20-16/h5-8,11-12,14H,9-10H2,1-4H3/t12-,14+/m0/s1. The van der Waals surface area contributed by atoms with Crippen LogP contribution in [-0.2, 0) is 0 Å². The Hall–Kier alpha value is -1.13. The van der Waals surface area contributed by atoms with Gasteiger partial charge in [-0.3, -0.25) is 0 Å². The molecule has 0 N–H and O–H groups in total. The molecule has 3 nitrogen and oxygen atoms in total. The number of nitrogens with zero attached hydrogens (tertiary/aromatic N) is 3. The highest BCUT2D eigenvalue weighted by atomic mass is 32.1. The van der Waals surface area contributed by atoms with E-state index >= 15 is 0 Å². The van der Waals surface area contributed by atoms with Gasteiger partial charge in [-0.25, -0.2) is 4.98 Å². The molecule has 1 saturated heterocycles. The van der Waals surface area contributed by atoms with Crippen LogP contribution in [0.2, 0.25) is 0 Å². The van der Waals surface area contributed by atoms with Crippen molar-refractivity contribution in [3.05, 3.63) is 24.3 Å². The van der Waals surface area contributed by atoms with Crippen LogP contribution >= 0.6 is 11.3 Å². The van der Waals surface area contributed by atoms with Gasteiger partial charge in [-0.05, 0) is 38.1 Å². The van der Waals surface area contributed by atoms with Gasteiger partial charge in [-0.2, -0.15) is 0 Å². The van der Waals surface area contributed by atoms with E-state index in [1.165, 1.54) is 9.83 Å². The first-order valence-corrected chi connectivity index (χ1v) is 8.15. The second-order valence-corrected chi connectivity index (χ2v) is 7.32. The highest BCUT2D eigenvalue weighted by Gasteiger charge is 2.36. The number of likely N-dealkylation sites (N-methyl/N-ethyl adjacent to an activating group) is 1. The van der Waals surface area contributed by atoms with Crippen molar-refractivity contribution in [3.63, 3.8) is 0 Å². The van der Waals surface area contributed by atoms with E-state index in [-0.39, 0.29) is 0 Å². The van der Waals surface area contributed by atoms with Crippen molar-refractivity contribution in [2.75, 3.05) is 32.1 Å². The lowest BCUT2D eigenvalue weighted by molar-refractivity contribution is 0.216. The van der Waals surface area contributed by atoms with E-state index in [1.807, 2.05) is 11.3 Å². The van der Waals surface area contributed by atoms with Crippen LogP contribution in [0.15, 0.2) is 24.3 Å². The molecule has 0 radical (unpaired) electrons. The third-order valence-electron chi connectivity index (χ3n) is 4.41. The van der Waals surface area contributed by atoms with Gasteiger partial charge in [0, 0.05) is 19.1 Å². The molecule has 2 heterocycles. The summed E-state index contributed by atoms with van der Waals surface area (Å²) >= 11 is 1.82. The monoisotopic (exact) mass is 289 g/mol. The van der Waals surface area contributed by atoms with Crippen LogP contribution in [0.5, 0.6) is 0 Å². The van der Waals surface area contributed by atoms with Crippen LogP contribution in [0.3, 0.4) is 0 Å². The molecule has 1 aromatic carbocycles. The molecule has 3 rings (SSSR count). The second-order valence-electron chi connectivity index (χ2n) is 6.31. The van der Waals surface area contributed by atoms with Gasteiger partial charge >= 0.3 is 0 Å². The molecule has 0 bridgehead atoms. The number of rotatable bonds is 3. The number of para-hydroxylation sites is 1. The number of thiazole rings is 1. The van der Waals surface area contributed by atoms with Gasteiger partial charge in [0.1, 0.15) is 0 Å².